The van der Waals surface area contributed by atoms with E-state index in [-0.39, 0.29) is 5.69 Å². The average Bonchev–Trinajstić information content (AvgIpc) is 3.03. The van der Waals surface area contributed by atoms with E-state index in [0.717, 1.165) is 0 Å². The van der Waals surface area contributed by atoms with Crippen molar-refractivity contribution in [3.05, 3.63) is 70.1 Å². The summed E-state index contributed by atoms with van der Waals surface area (Å²) in [6, 6.07) is 15.1. The number of benzene rings is 3. The molecule has 0 spiro atoms. The fourth-order valence-electron chi connectivity index (χ4n) is 3.56. The van der Waals surface area contributed by atoms with Gasteiger partial charge in [0.05, 0.1) is 41.7 Å². The molecule has 0 fully saturated rings. The normalized spacial score (nSPS) is 10.7. The molecule has 0 aliphatic carbocycles. The van der Waals surface area contributed by atoms with Crippen LogP contribution in [0.4, 0.5) is 16.2 Å². The van der Waals surface area contributed by atoms with Crippen LogP contribution in [0.1, 0.15) is 0 Å². The van der Waals surface area contributed by atoms with E-state index in [0.29, 0.717) is 50.4 Å². The number of rotatable bonds is 6. The third-order valence-electron chi connectivity index (χ3n) is 5.31. The lowest BCUT2D eigenvalue weighted by molar-refractivity contribution is 0.262. The molecule has 0 saturated carbocycles. The van der Waals surface area contributed by atoms with E-state index in [2.05, 4.69) is 10.6 Å². The molecular formula is C24H23ClN4O5. The van der Waals surface area contributed by atoms with Crippen molar-refractivity contribution in [2.75, 3.05) is 24.9 Å². The highest BCUT2D eigenvalue weighted by atomic mass is 35.5. The molecule has 176 valence electrons. The highest BCUT2D eigenvalue weighted by Crippen LogP contribution is 2.37. The predicted molar refractivity (Wildman–Crippen MR) is 132 cm³/mol. The summed E-state index contributed by atoms with van der Waals surface area (Å²) in [6.45, 7) is 0. The van der Waals surface area contributed by atoms with Gasteiger partial charge in [0.1, 0.15) is 17.2 Å². The smallest absolute Gasteiger partial charge is 0.328 e. The molecule has 4 aromatic rings. The average molecular weight is 483 g/mol. The second-order valence-electron chi connectivity index (χ2n) is 7.42. The number of nitrogens with zero attached hydrogens (tertiary/aromatic N) is 2. The summed E-state index contributed by atoms with van der Waals surface area (Å²) in [4.78, 5) is 25.4. The highest BCUT2D eigenvalue weighted by Gasteiger charge is 2.18. The van der Waals surface area contributed by atoms with Gasteiger partial charge in [-0.05, 0) is 24.3 Å². The molecule has 3 aromatic carbocycles. The highest BCUT2D eigenvalue weighted by molar-refractivity contribution is 6.32. The molecule has 10 heteroatoms. The van der Waals surface area contributed by atoms with E-state index in [4.69, 9.17) is 25.8 Å². The molecule has 0 aliphatic rings. The van der Waals surface area contributed by atoms with E-state index < -0.39 is 6.03 Å². The van der Waals surface area contributed by atoms with Gasteiger partial charge >= 0.3 is 11.7 Å². The van der Waals surface area contributed by atoms with Crippen molar-refractivity contribution in [3.63, 3.8) is 0 Å². The van der Waals surface area contributed by atoms with Crippen LogP contribution in [0.2, 0.25) is 5.02 Å². The van der Waals surface area contributed by atoms with Crippen molar-refractivity contribution >= 4 is 40.0 Å². The van der Waals surface area contributed by atoms with Gasteiger partial charge in [0, 0.05) is 26.2 Å². The molecule has 9 nitrogen and oxygen atoms in total. The Labute approximate surface area is 200 Å². The van der Waals surface area contributed by atoms with Crippen LogP contribution in [0, 0.1) is 0 Å². The molecule has 34 heavy (non-hydrogen) atoms. The van der Waals surface area contributed by atoms with Crippen molar-refractivity contribution < 1.29 is 19.0 Å². The maximum Gasteiger partial charge on any atom is 0.328 e. The number of hydrogen-bond acceptors (Lipinski definition) is 5. The summed E-state index contributed by atoms with van der Waals surface area (Å²) < 4.78 is 19.6. The summed E-state index contributed by atoms with van der Waals surface area (Å²) in [6.07, 6.45) is 0. The Morgan fingerprint density at radius 2 is 1.41 bits per heavy atom. The number of imidazole rings is 1. The van der Waals surface area contributed by atoms with E-state index in [1.807, 2.05) is 18.2 Å². The summed E-state index contributed by atoms with van der Waals surface area (Å²) in [7, 11) is 6.30. The number of aryl methyl sites for hydroxylation is 2. The molecule has 1 heterocycles. The number of halogens is 1. The van der Waals surface area contributed by atoms with Gasteiger partial charge in [0.15, 0.2) is 5.75 Å². The Balaban J connectivity index is 1.71. The lowest BCUT2D eigenvalue weighted by Gasteiger charge is -2.16. The van der Waals surface area contributed by atoms with Crippen molar-refractivity contribution in [1.82, 2.24) is 9.13 Å². The number of para-hydroxylation sites is 1. The zero-order valence-corrected chi connectivity index (χ0v) is 19.8. The molecule has 2 amide bonds. The minimum absolute atomic E-state index is 0.195. The predicted octanol–water partition coefficient (Wildman–Crippen LogP) is 4.98. The molecule has 4 rings (SSSR count). The minimum Gasteiger partial charge on any atom is -0.495 e. The van der Waals surface area contributed by atoms with Crippen LogP contribution in [-0.2, 0) is 14.1 Å². The van der Waals surface area contributed by atoms with Crippen LogP contribution in [0.5, 0.6) is 23.0 Å². The summed E-state index contributed by atoms with van der Waals surface area (Å²) >= 11 is 6.21. The second kappa shape index (κ2) is 9.40. The Morgan fingerprint density at radius 1 is 0.824 bits per heavy atom. The largest absolute Gasteiger partial charge is 0.495 e. The second-order valence-corrected chi connectivity index (χ2v) is 7.83. The third kappa shape index (κ3) is 4.38. The van der Waals surface area contributed by atoms with Crippen molar-refractivity contribution in [2.24, 2.45) is 14.1 Å². The molecule has 1 aromatic heterocycles. The first-order valence-electron chi connectivity index (χ1n) is 10.2. The minimum atomic E-state index is -0.558. The number of methoxy groups -OCH3 is 2. The molecule has 0 radical (unpaired) electrons. The fourth-order valence-corrected chi connectivity index (χ4v) is 3.80. The number of aromatic nitrogens is 2. The van der Waals surface area contributed by atoms with Crippen molar-refractivity contribution in [3.8, 4) is 23.0 Å². The molecule has 2 N–H and O–H groups in total. The molecule has 0 saturated heterocycles. The number of hydrogen-bond donors (Lipinski definition) is 2. The summed E-state index contributed by atoms with van der Waals surface area (Å²) in [5, 5.41) is 5.84. The van der Waals surface area contributed by atoms with Gasteiger partial charge in [-0.15, -0.1) is 0 Å². The van der Waals surface area contributed by atoms with E-state index >= 15 is 0 Å². The van der Waals surface area contributed by atoms with Crippen LogP contribution in [0.25, 0.3) is 11.0 Å². The quantitative estimate of drug-likeness (QED) is 0.404. The molecular weight excluding hydrogens is 460 g/mol. The van der Waals surface area contributed by atoms with E-state index in [1.54, 1.807) is 44.4 Å². The van der Waals surface area contributed by atoms with Crippen molar-refractivity contribution in [2.45, 2.75) is 0 Å². The van der Waals surface area contributed by atoms with Crippen LogP contribution >= 0.6 is 11.6 Å². The number of carbonyl (C=O) groups excluding carboxylic acids is 1. The lowest BCUT2D eigenvalue weighted by Crippen LogP contribution is -2.20. The lowest BCUT2D eigenvalue weighted by atomic mass is 10.2. The third-order valence-corrected chi connectivity index (χ3v) is 5.61. The first-order valence-corrected chi connectivity index (χ1v) is 10.6. The number of carbonyl (C=O) groups is 1. The SMILES string of the molecule is COc1cc(OC)c(NC(=O)Nc2cc3c(cc2Oc2ccccc2)n(C)c(=O)n3C)cc1Cl. The zero-order chi connectivity index (χ0) is 24.4. The van der Waals surface area contributed by atoms with Crippen LogP contribution in [-0.4, -0.2) is 29.4 Å². The first kappa shape index (κ1) is 23.1. The Kier molecular flexibility index (Phi) is 6.38. The number of fused-ring (bicyclic) bond motifs is 1. The Bertz CT molecular complexity index is 1430. The van der Waals surface area contributed by atoms with Crippen LogP contribution < -0.4 is 30.5 Å². The topological polar surface area (TPSA) is 95.8 Å². The zero-order valence-electron chi connectivity index (χ0n) is 19.0. The van der Waals surface area contributed by atoms with E-state index in [1.165, 1.54) is 29.4 Å². The molecule has 0 atom stereocenters. The maximum atomic E-state index is 12.9. The Hall–Kier alpha value is -4.11. The monoisotopic (exact) mass is 482 g/mol. The number of anilines is 2. The number of nitrogens with one attached hydrogen (secondary N) is 2. The number of ether oxygens (including phenoxy) is 3. The summed E-state index contributed by atoms with van der Waals surface area (Å²) in [5.74, 6) is 1.74. The fraction of sp³-hybridized carbons (Fsp3) is 0.167. The standard InChI is InChI=1S/C24H23ClN4O5/c1-28-18-11-17(27-23(30)26-16-10-15(25)20(32-3)13-21(16)33-4)22(12-19(18)29(2)24(28)31)34-14-8-6-5-7-9-14/h5-13H,1-4H3,(H2,26,27,30). The van der Waals surface area contributed by atoms with Gasteiger partial charge in [-0.1, -0.05) is 29.8 Å². The van der Waals surface area contributed by atoms with Gasteiger partial charge in [0.25, 0.3) is 0 Å². The Morgan fingerprint density at radius 3 is 2.03 bits per heavy atom. The summed E-state index contributed by atoms with van der Waals surface area (Å²) in [5.41, 5.74) is 1.82. The van der Waals surface area contributed by atoms with Crippen LogP contribution in [0.15, 0.2) is 59.4 Å². The molecule has 0 unspecified atom stereocenters. The van der Waals surface area contributed by atoms with Crippen LogP contribution in [0.3, 0.4) is 0 Å². The van der Waals surface area contributed by atoms with E-state index in [9.17, 15) is 9.59 Å². The van der Waals surface area contributed by atoms with Gasteiger partial charge in [-0.25, -0.2) is 9.59 Å². The first-order chi connectivity index (χ1) is 16.3. The molecule has 0 bridgehead atoms. The molecule has 0 aliphatic heterocycles. The maximum absolute atomic E-state index is 12.9. The number of amides is 2. The van der Waals surface area contributed by atoms with Gasteiger partial charge < -0.3 is 24.8 Å². The van der Waals surface area contributed by atoms with Crippen molar-refractivity contribution in [1.29, 1.82) is 0 Å². The van der Waals surface area contributed by atoms with Gasteiger partial charge in [-0.3, -0.25) is 9.13 Å². The van der Waals surface area contributed by atoms with Gasteiger partial charge in [-0.2, -0.15) is 0 Å². The number of urea groups is 1. The van der Waals surface area contributed by atoms with Gasteiger partial charge in [0.2, 0.25) is 0 Å².